The Bertz CT molecular complexity index is 291. The van der Waals surface area contributed by atoms with E-state index in [0.29, 0.717) is 0 Å². The third-order valence-electron chi connectivity index (χ3n) is 2.12. The molecule has 0 aromatic carbocycles. The Morgan fingerprint density at radius 1 is 1.62 bits per heavy atom. The zero-order chi connectivity index (χ0) is 10.0. The van der Waals surface area contributed by atoms with Crippen LogP contribution in [-0.2, 0) is 13.5 Å². The average Bonchev–Trinajstić information content (AvgIpc) is 2.24. The van der Waals surface area contributed by atoms with E-state index >= 15 is 0 Å². The lowest BCUT2D eigenvalue weighted by molar-refractivity contribution is 0.664. The van der Waals surface area contributed by atoms with E-state index in [4.69, 9.17) is 17.3 Å². The van der Waals surface area contributed by atoms with Gasteiger partial charge in [-0.15, -0.1) is 0 Å². The minimum atomic E-state index is 0.218. The molecule has 0 aliphatic carbocycles. The molecular formula is C9H16ClN3. The lowest BCUT2D eigenvalue weighted by Gasteiger charge is -2.03. The largest absolute Gasteiger partial charge is 0.328 e. The zero-order valence-electron chi connectivity index (χ0n) is 8.34. The highest BCUT2D eigenvalue weighted by atomic mass is 35.5. The van der Waals surface area contributed by atoms with E-state index in [2.05, 4.69) is 5.10 Å². The lowest BCUT2D eigenvalue weighted by Crippen LogP contribution is -2.15. The zero-order valence-corrected chi connectivity index (χ0v) is 9.10. The van der Waals surface area contributed by atoms with Gasteiger partial charge >= 0.3 is 0 Å². The quantitative estimate of drug-likeness (QED) is 0.809. The third-order valence-corrected chi connectivity index (χ3v) is 2.59. The van der Waals surface area contributed by atoms with E-state index in [1.54, 1.807) is 4.68 Å². The van der Waals surface area contributed by atoms with Crippen LogP contribution in [0.25, 0.3) is 0 Å². The Morgan fingerprint density at radius 3 is 2.62 bits per heavy atom. The summed E-state index contributed by atoms with van der Waals surface area (Å²) in [5.41, 5.74) is 7.81. The van der Waals surface area contributed by atoms with Crippen molar-refractivity contribution >= 4 is 11.6 Å². The number of nitrogens with two attached hydrogens (primary N) is 1. The first-order chi connectivity index (χ1) is 6.02. The predicted octanol–water partition coefficient (Wildman–Crippen LogP) is 1.66. The van der Waals surface area contributed by atoms with E-state index in [0.717, 1.165) is 29.3 Å². The molecule has 0 aliphatic rings. The van der Waals surface area contributed by atoms with Gasteiger partial charge in [0.25, 0.3) is 0 Å². The van der Waals surface area contributed by atoms with Crippen LogP contribution in [0.1, 0.15) is 24.6 Å². The number of aromatic nitrogens is 2. The predicted molar refractivity (Wildman–Crippen MR) is 54.9 cm³/mol. The monoisotopic (exact) mass is 201 g/mol. The number of aryl methyl sites for hydroxylation is 2. The Labute approximate surface area is 83.9 Å². The summed E-state index contributed by atoms with van der Waals surface area (Å²) in [7, 11) is 1.85. The summed E-state index contributed by atoms with van der Waals surface area (Å²) in [6.07, 6.45) is 1.86. The number of rotatable bonds is 3. The van der Waals surface area contributed by atoms with Crippen LogP contribution in [0.3, 0.4) is 0 Å². The number of halogens is 1. The molecule has 0 spiro atoms. The van der Waals surface area contributed by atoms with Crippen molar-refractivity contribution in [3.05, 3.63) is 16.4 Å². The molecule has 1 aromatic heterocycles. The molecular weight excluding hydrogens is 186 g/mol. The summed E-state index contributed by atoms with van der Waals surface area (Å²) in [6, 6.07) is 0.218. The standard InChI is InChI=1S/C9H16ClN3/c1-6(11)4-5-8-7(2)12-13(3)9(8)10/h6H,4-5,11H2,1-3H3/t6-/m1/s1. The second-order valence-electron chi connectivity index (χ2n) is 3.49. The molecule has 0 amide bonds. The molecule has 1 rings (SSSR count). The molecule has 0 fully saturated rings. The summed E-state index contributed by atoms with van der Waals surface area (Å²) in [6.45, 7) is 3.97. The highest BCUT2D eigenvalue weighted by molar-refractivity contribution is 6.30. The molecule has 0 saturated heterocycles. The van der Waals surface area contributed by atoms with Gasteiger partial charge in [-0.2, -0.15) is 5.10 Å². The Morgan fingerprint density at radius 2 is 2.23 bits per heavy atom. The van der Waals surface area contributed by atoms with E-state index in [-0.39, 0.29) is 6.04 Å². The van der Waals surface area contributed by atoms with Crippen LogP contribution in [0.4, 0.5) is 0 Å². The maximum absolute atomic E-state index is 6.06. The molecule has 13 heavy (non-hydrogen) atoms. The van der Waals surface area contributed by atoms with Crippen molar-refractivity contribution in [2.75, 3.05) is 0 Å². The number of hydrogen-bond acceptors (Lipinski definition) is 2. The fourth-order valence-electron chi connectivity index (χ4n) is 1.33. The van der Waals surface area contributed by atoms with E-state index < -0.39 is 0 Å². The third kappa shape index (κ3) is 2.45. The van der Waals surface area contributed by atoms with Gasteiger partial charge in [-0.1, -0.05) is 11.6 Å². The van der Waals surface area contributed by atoms with Gasteiger partial charge in [-0.3, -0.25) is 4.68 Å². The molecule has 0 aliphatic heterocycles. The molecule has 4 heteroatoms. The van der Waals surface area contributed by atoms with Crippen molar-refractivity contribution in [3.8, 4) is 0 Å². The van der Waals surface area contributed by atoms with Crippen LogP contribution >= 0.6 is 11.6 Å². The minimum absolute atomic E-state index is 0.218. The molecule has 0 unspecified atom stereocenters. The van der Waals surface area contributed by atoms with Gasteiger partial charge in [0.05, 0.1) is 5.69 Å². The summed E-state index contributed by atoms with van der Waals surface area (Å²) >= 11 is 6.06. The van der Waals surface area contributed by atoms with Crippen molar-refractivity contribution < 1.29 is 0 Å². The summed E-state index contributed by atoms with van der Waals surface area (Å²) in [5, 5.41) is 4.97. The molecule has 1 aromatic rings. The molecule has 2 N–H and O–H groups in total. The number of hydrogen-bond donors (Lipinski definition) is 1. The van der Waals surface area contributed by atoms with Gasteiger partial charge in [0.2, 0.25) is 0 Å². The Hall–Kier alpha value is -0.540. The van der Waals surface area contributed by atoms with Gasteiger partial charge in [0.1, 0.15) is 5.15 Å². The van der Waals surface area contributed by atoms with Crippen molar-refractivity contribution in [1.29, 1.82) is 0 Å². The molecule has 3 nitrogen and oxygen atoms in total. The highest BCUT2D eigenvalue weighted by Crippen LogP contribution is 2.20. The van der Waals surface area contributed by atoms with Gasteiger partial charge in [0.15, 0.2) is 0 Å². The van der Waals surface area contributed by atoms with Crippen LogP contribution < -0.4 is 5.73 Å². The lowest BCUT2D eigenvalue weighted by atomic mass is 10.1. The fourth-order valence-corrected chi connectivity index (χ4v) is 1.60. The van der Waals surface area contributed by atoms with Crippen LogP contribution in [-0.4, -0.2) is 15.8 Å². The van der Waals surface area contributed by atoms with E-state index in [9.17, 15) is 0 Å². The molecule has 0 saturated carbocycles. The van der Waals surface area contributed by atoms with Gasteiger partial charge in [-0.05, 0) is 26.7 Å². The molecule has 1 heterocycles. The first-order valence-corrected chi connectivity index (χ1v) is 4.83. The first kappa shape index (κ1) is 10.5. The smallest absolute Gasteiger partial charge is 0.130 e. The summed E-state index contributed by atoms with van der Waals surface area (Å²) in [5.74, 6) is 0. The highest BCUT2D eigenvalue weighted by Gasteiger charge is 2.10. The van der Waals surface area contributed by atoms with Crippen molar-refractivity contribution in [2.45, 2.75) is 32.7 Å². The summed E-state index contributed by atoms with van der Waals surface area (Å²) < 4.78 is 1.70. The average molecular weight is 202 g/mol. The maximum atomic E-state index is 6.06. The van der Waals surface area contributed by atoms with Crippen molar-refractivity contribution in [3.63, 3.8) is 0 Å². The number of nitrogens with zero attached hydrogens (tertiary/aromatic N) is 2. The van der Waals surface area contributed by atoms with Crippen LogP contribution in [0, 0.1) is 6.92 Å². The van der Waals surface area contributed by atoms with Crippen LogP contribution in [0.5, 0.6) is 0 Å². The second-order valence-corrected chi connectivity index (χ2v) is 3.85. The molecule has 74 valence electrons. The Kier molecular flexibility index (Phi) is 3.33. The van der Waals surface area contributed by atoms with E-state index in [1.165, 1.54) is 0 Å². The Balaban J connectivity index is 2.76. The molecule has 0 bridgehead atoms. The van der Waals surface area contributed by atoms with Crippen molar-refractivity contribution in [1.82, 2.24) is 9.78 Å². The van der Waals surface area contributed by atoms with Gasteiger partial charge in [-0.25, -0.2) is 0 Å². The van der Waals surface area contributed by atoms with E-state index in [1.807, 2.05) is 20.9 Å². The SMILES string of the molecule is Cc1nn(C)c(Cl)c1CC[C@@H](C)N. The van der Waals surface area contributed by atoms with Gasteiger partial charge in [0, 0.05) is 18.7 Å². The minimum Gasteiger partial charge on any atom is -0.328 e. The first-order valence-electron chi connectivity index (χ1n) is 4.46. The molecule has 0 radical (unpaired) electrons. The summed E-state index contributed by atoms with van der Waals surface area (Å²) in [4.78, 5) is 0. The van der Waals surface area contributed by atoms with Crippen molar-refractivity contribution in [2.24, 2.45) is 12.8 Å². The normalized spacial score (nSPS) is 13.3. The fraction of sp³-hybridized carbons (Fsp3) is 0.667. The van der Waals surface area contributed by atoms with Gasteiger partial charge < -0.3 is 5.73 Å². The van der Waals surface area contributed by atoms with Crippen LogP contribution in [0.15, 0.2) is 0 Å². The topological polar surface area (TPSA) is 43.8 Å². The molecule has 1 atom stereocenters. The maximum Gasteiger partial charge on any atom is 0.130 e. The second kappa shape index (κ2) is 4.11. The van der Waals surface area contributed by atoms with Crippen LogP contribution in [0.2, 0.25) is 5.15 Å².